The Balaban J connectivity index is 0.786. The highest BCUT2D eigenvalue weighted by atomic mass is 15.1. The molecule has 0 saturated carbocycles. The van der Waals surface area contributed by atoms with E-state index in [1.165, 1.54) is 76.8 Å². The lowest BCUT2D eigenvalue weighted by molar-refractivity contribution is 1.30. The predicted octanol–water partition coefficient (Wildman–Crippen LogP) is 23.1. The first-order valence-electron chi connectivity index (χ1n) is 28.8. The van der Waals surface area contributed by atoms with Crippen LogP contribution in [-0.2, 0) is 0 Å². The molecule has 2 nitrogen and oxygen atoms in total. The van der Waals surface area contributed by atoms with Crippen molar-refractivity contribution in [3.63, 3.8) is 0 Å². The lowest BCUT2D eigenvalue weighted by Gasteiger charge is -2.27. The molecular weight excluding hydrogens is 1010 g/mol. The van der Waals surface area contributed by atoms with Crippen molar-refractivity contribution in [3.05, 3.63) is 350 Å². The van der Waals surface area contributed by atoms with Gasteiger partial charge in [-0.2, -0.15) is 0 Å². The second-order valence-electron chi connectivity index (χ2n) is 21.2. The zero-order chi connectivity index (χ0) is 56.0. The molecule has 0 bridgehead atoms. The largest absolute Gasteiger partial charge is 0.310 e. The van der Waals surface area contributed by atoms with E-state index in [1.807, 2.05) is 0 Å². The summed E-state index contributed by atoms with van der Waals surface area (Å²) in [6, 6.07) is 118. The third-order valence-electron chi connectivity index (χ3n) is 16.0. The Morgan fingerprint density at radius 2 is 0.440 bits per heavy atom. The summed E-state index contributed by atoms with van der Waals surface area (Å²) in [5, 5.41) is 7.28. The second kappa shape index (κ2) is 23.2. The SMILES string of the molecule is C(=Cc1ccc(N(c2ccccc2)c2cccc3ccccc23)cc1)c1ccc(-c2c(-c3ccccc3)c(-c3ccccc3)c(-c3ccc(C=Cc4ccc(N(c5ccccc5)c5cccc6ccccc56)cc4)cc3)c3ccccc23)cc1. The summed E-state index contributed by atoms with van der Waals surface area (Å²) in [4.78, 5) is 4.70. The van der Waals surface area contributed by atoms with E-state index in [9.17, 15) is 0 Å². The number of para-hydroxylation sites is 2. The molecule has 0 aliphatic carbocycles. The summed E-state index contributed by atoms with van der Waals surface area (Å²) >= 11 is 0. The van der Waals surface area contributed by atoms with E-state index in [0.717, 1.165) is 56.4 Å². The molecule has 0 radical (unpaired) electrons. The summed E-state index contributed by atoms with van der Waals surface area (Å²) in [6.07, 6.45) is 8.86. The summed E-state index contributed by atoms with van der Waals surface area (Å²) in [7, 11) is 0. The number of hydrogen-bond acceptors (Lipinski definition) is 2. The predicted molar refractivity (Wildman–Crippen MR) is 361 cm³/mol. The molecule has 0 spiro atoms. The van der Waals surface area contributed by atoms with Gasteiger partial charge >= 0.3 is 0 Å². The fourth-order valence-corrected chi connectivity index (χ4v) is 12.0. The third-order valence-corrected chi connectivity index (χ3v) is 16.0. The Morgan fingerprint density at radius 1 is 0.179 bits per heavy atom. The summed E-state index contributed by atoms with van der Waals surface area (Å²) < 4.78 is 0. The number of hydrogen-bond donors (Lipinski definition) is 0. The number of anilines is 6. The van der Waals surface area contributed by atoms with Crippen molar-refractivity contribution < 1.29 is 0 Å². The minimum absolute atomic E-state index is 1.11. The van der Waals surface area contributed by atoms with Crippen LogP contribution in [0.1, 0.15) is 22.3 Å². The molecule has 14 rings (SSSR count). The monoisotopic (exact) mass is 1070 g/mol. The summed E-state index contributed by atoms with van der Waals surface area (Å²) in [5.74, 6) is 0. The van der Waals surface area contributed by atoms with E-state index in [2.05, 4.69) is 362 Å². The van der Waals surface area contributed by atoms with Crippen LogP contribution < -0.4 is 9.80 Å². The molecule has 14 aromatic rings. The molecule has 396 valence electrons. The molecule has 0 amide bonds. The molecule has 0 aromatic heterocycles. The van der Waals surface area contributed by atoms with Gasteiger partial charge in [-0.1, -0.05) is 291 Å². The molecule has 0 fully saturated rings. The highest BCUT2D eigenvalue weighted by Crippen LogP contribution is 2.51. The normalized spacial score (nSPS) is 11.5. The van der Waals surface area contributed by atoms with E-state index in [4.69, 9.17) is 0 Å². The fraction of sp³-hybridized carbons (Fsp3) is 0. The number of nitrogens with zero attached hydrogens (tertiary/aromatic N) is 2. The first-order chi connectivity index (χ1) is 41.7. The summed E-state index contributed by atoms with van der Waals surface area (Å²) in [6.45, 7) is 0. The van der Waals surface area contributed by atoms with Crippen LogP contribution in [0.25, 0.3) is 101 Å². The van der Waals surface area contributed by atoms with Crippen LogP contribution in [0, 0.1) is 0 Å². The van der Waals surface area contributed by atoms with Crippen LogP contribution >= 0.6 is 0 Å². The van der Waals surface area contributed by atoms with Crippen molar-refractivity contribution in [2.45, 2.75) is 0 Å². The Hall–Kier alpha value is -11.1. The van der Waals surface area contributed by atoms with E-state index in [1.54, 1.807) is 0 Å². The van der Waals surface area contributed by atoms with Gasteiger partial charge in [0.25, 0.3) is 0 Å². The molecule has 0 heterocycles. The smallest absolute Gasteiger partial charge is 0.0540 e. The van der Waals surface area contributed by atoms with Crippen LogP contribution in [0.15, 0.2) is 328 Å². The van der Waals surface area contributed by atoms with Gasteiger partial charge in [-0.25, -0.2) is 0 Å². The molecule has 14 aromatic carbocycles. The molecule has 0 N–H and O–H groups in total. The Kier molecular flexibility index (Phi) is 14.1. The van der Waals surface area contributed by atoms with Gasteiger partial charge in [0.05, 0.1) is 11.4 Å². The first-order valence-corrected chi connectivity index (χ1v) is 28.8. The van der Waals surface area contributed by atoms with E-state index in [-0.39, 0.29) is 0 Å². The molecule has 0 unspecified atom stereocenters. The highest BCUT2D eigenvalue weighted by Gasteiger charge is 2.24. The molecule has 0 aliphatic heterocycles. The van der Waals surface area contributed by atoms with Gasteiger partial charge in [0.15, 0.2) is 0 Å². The Morgan fingerprint density at radius 3 is 0.798 bits per heavy atom. The standard InChI is InChI=1S/C82H58N2/c1-5-23-65(24-6-1)81-79(67-51-43-59(44-52-67)39-41-61-47-55-71(56-48-61)83(69-29-9-3-10-30-69)77-37-19-27-63-21-13-15-33-73(63)77)75-35-17-18-36-76(75)80(82(81)66-25-7-2-8-26-66)68-53-45-60(46-54-68)40-42-62-49-57-72(58-50-62)84(70-31-11-4-12-32-70)78-38-20-28-64-22-14-16-34-74(64)78/h1-58H. The lowest BCUT2D eigenvalue weighted by Crippen LogP contribution is -2.10. The van der Waals surface area contributed by atoms with Gasteiger partial charge in [-0.3, -0.25) is 0 Å². The second-order valence-corrected chi connectivity index (χ2v) is 21.2. The van der Waals surface area contributed by atoms with Crippen LogP contribution in [0.4, 0.5) is 34.1 Å². The zero-order valence-corrected chi connectivity index (χ0v) is 46.4. The van der Waals surface area contributed by atoms with E-state index in [0.29, 0.717) is 0 Å². The van der Waals surface area contributed by atoms with Crippen molar-refractivity contribution in [2.24, 2.45) is 0 Å². The maximum atomic E-state index is 2.35. The van der Waals surface area contributed by atoms with Crippen LogP contribution in [0.2, 0.25) is 0 Å². The van der Waals surface area contributed by atoms with Crippen molar-refractivity contribution in [3.8, 4) is 44.5 Å². The van der Waals surface area contributed by atoms with Crippen molar-refractivity contribution in [2.75, 3.05) is 9.80 Å². The minimum atomic E-state index is 1.11. The quantitative estimate of drug-likeness (QED) is 0.100. The van der Waals surface area contributed by atoms with Crippen LogP contribution in [-0.4, -0.2) is 0 Å². The minimum Gasteiger partial charge on any atom is -0.310 e. The number of rotatable bonds is 14. The fourth-order valence-electron chi connectivity index (χ4n) is 12.0. The van der Waals surface area contributed by atoms with Gasteiger partial charge in [-0.15, -0.1) is 0 Å². The Bertz CT molecular complexity index is 4330. The average Bonchev–Trinajstić information content (AvgIpc) is 1.73. The molecule has 84 heavy (non-hydrogen) atoms. The first kappa shape index (κ1) is 51.1. The van der Waals surface area contributed by atoms with Crippen molar-refractivity contribution in [1.82, 2.24) is 0 Å². The maximum Gasteiger partial charge on any atom is 0.0540 e. The van der Waals surface area contributed by atoms with Gasteiger partial charge in [0.2, 0.25) is 0 Å². The number of benzene rings is 14. The molecular formula is C82H58N2. The van der Waals surface area contributed by atoms with E-state index >= 15 is 0 Å². The molecule has 0 atom stereocenters. The van der Waals surface area contributed by atoms with Gasteiger partial charge in [-0.05, 0) is 149 Å². The van der Waals surface area contributed by atoms with E-state index < -0.39 is 0 Å². The maximum absolute atomic E-state index is 2.35. The highest BCUT2D eigenvalue weighted by molar-refractivity contribution is 6.18. The topological polar surface area (TPSA) is 6.48 Å². The van der Waals surface area contributed by atoms with Crippen molar-refractivity contribution in [1.29, 1.82) is 0 Å². The molecule has 2 heteroatoms. The van der Waals surface area contributed by atoms with Crippen molar-refractivity contribution >= 4 is 90.7 Å². The van der Waals surface area contributed by atoms with Gasteiger partial charge in [0, 0.05) is 33.5 Å². The van der Waals surface area contributed by atoms with Gasteiger partial charge < -0.3 is 9.80 Å². The average molecular weight is 1070 g/mol. The Labute approximate surface area is 492 Å². The summed E-state index contributed by atoms with van der Waals surface area (Å²) in [5.41, 5.74) is 20.8. The third kappa shape index (κ3) is 10.3. The lowest BCUT2D eigenvalue weighted by atomic mass is 9.79. The molecule has 0 aliphatic rings. The zero-order valence-electron chi connectivity index (χ0n) is 46.4. The molecule has 0 saturated heterocycles. The van der Waals surface area contributed by atoms with Crippen LogP contribution in [0.3, 0.4) is 0 Å². The number of fused-ring (bicyclic) bond motifs is 3. The van der Waals surface area contributed by atoms with Gasteiger partial charge in [0.1, 0.15) is 0 Å². The van der Waals surface area contributed by atoms with Crippen LogP contribution in [0.5, 0.6) is 0 Å².